The fraction of sp³-hybridized carbons (Fsp3) is 0.467. The van der Waals surface area contributed by atoms with E-state index in [9.17, 15) is 9.59 Å². The molecule has 3 rings (SSSR count). The van der Waals surface area contributed by atoms with E-state index in [0.29, 0.717) is 17.5 Å². The molecule has 0 spiro atoms. The van der Waals surface area contributed by atoms with Crippen LogP contribution in [0.2, 0.25) is 0 Å². The number of oxazole rings is 1. The third kappa shape index (κ3) is 2.76. The lowest BCUT2D eigenvalue weighted by atomic mass is 10.1. The van der Waals surface area contributed by atoms with Gasteiger partial charge in [-0.2, -0.15) is 0 Å². The van der Waals surface area contributed by atoms with Crippen molar-refractivity contribution in [3.05, 3.63) is 34.3 Å². The molecule has 1 fully saturated rings. The second-order valence-corrected chi connectivity index (χ2v) is 5.32. The number of benzene rings is 1. The number of likely N-dealkylation sites (tertiary alicyclic amines) is 1. The van der Waals surface area contributed by atoms with E-state index < -0.39 is 5.76 Å². The van der Waals surface area contributed by atoms with Gasteiger partial charge in [0.15, 0.2) is 5.58 Å². The van der Waals surface area contributed by atoms with Crippen molar-refractivity contribution in [3.63, 3.8) is 0 Å². The third-order valence-electron chi connectivity index (χ3n) is 3.80. The van der Waals surface area contributed by atoms with E-state index in [4.69, 9.17) is 4.42 Å². The van der Waals surface area contributed by atoms with Crippen LogP contribution in [0.5, 0.6) is 0 Å². The Morgan fingerprint density at radius 3 is 2.70 bits per heavy atom. The summed E-state index contributed by atoms with van der Waals surface area (Å²) >= 11 is 0. The normalized spacial score (nSPS) is 16.3. The van der Waals surface area contributed by atoms with E-state index in [1.807, 2.05) is 17.0 Å². The summed E-state index contributed by atoms with van der Waals surface area (Å²) in [4.78, 5) is 28.0. The van der Waals surface area contributed by atoms with Gasteiger partial charge >= 0.3 is 5.76 Å². The molecular formula is C15H18N2O3. The number of hydrogen-bond acceptors (Lipinski definition) is 3. The number of hydrogen-bond donors (Lipinski definition) is 1. The lowest BCUT2D eigenvalue weighted by Gasteiger charge is -2.20. The first-order valence-corrected chi connectivity index (χ1v) is 7.12. The molecular weight excluding hydrogens is 256 g/mol. The maximum absolute atomic E-state index is 12.3. The number of nitrogens with zero attached hydrogens (tertiary/aromatic N) is 1. The molecule has 0 bridgehead atoms. The van der Waals surface area contributed by atoms with E-state index >= 15 is 0 Å². The average molecular weight is 274 g/mol. The first-order chi connectivity index (χ1) is 9.72. The Hall–Kier alpha value is -2.04. The molecule has 1 saturated heterocycles. The predicted octanol–water partition coefficient (Wildman–Crippen LogP) is 2.07. The molecule has 1 aromatic heterocycles. The molecule has 0 atom stereocenters. The quantitative estimate of drug-likeness (QED) is 0.911. The standard InChI is InChI=1S/C15H18N2O3/c18-14(17-7-3-1-2-4-8-17)10-11-5-6-13-12(9-11)16-15(19)20-13/h5-6,9H,1-4,7-8,10H2,(H,16,19). The van der Waals surface area contributed by atoms with Gasteiger partial charge in [-0.25, -0.2) is 4.79 Å². The summed E-state index contributed by atoms with van der Waals surface area (Å²) in [6.45, 7) is 1.73. The summed E-state index contributed by atoms with van der Waals surface area (Å²) in [5.74, 6) is -0.298. The molecule has 20 heavy (non-hydrogen) atoms. The number of carbonyl (C=O) groups is 1. The highest BCUT2D eigenvalue weighted by Gasteiger charge is 2.16. The molecule has 1 aromatic carbocycles. The maximum atomic E-state index is 12.3. The van der Waals surface area contributed by atoms with E-state index in [1.54, 1.807) is 6.07 Å². The number of amides is 1. The summed E-state index contributed by atoms with van der Waals surface area (Å²) in [5, 5.41) is 0. The van der Waals surface area contributed by atoms with Crippen LogP contribution in [0.1, 0.15) is 31.2 Å². The Morgan fingerprint density at radius 2 is 1.95 bits per heavy atom. The summed E-state index contributed by atoms with van der Waals surface area (Å²) in [6.07, 6.45) is 5.00. The first kappa shape index (κ1) is 13.0. The van der Waals surface area contributed by atoms with Crippen LogP contribution in [0.4, 0.5) is 0 Å². The highest BCUT2D eigenvalue weighted by atomic mass is 16.4. The maximum Gasteiger partial charge on any atom is 0.417 e. The van der Waals surface area contributed by atoms with Gasteiger partial charge < -0.3 is 9.32 Å². The van der Waals surface area contributed by atoms with Crippen LogP contribution in [-0.2, 0) is 11.2 Å². The zero-order valence-electron chi connectivity index (χ0n) is 11.4. The van der Waals surface area contributed by atoms with Crippen LogP contribution in [-0.4, -0.2) is 28.9 Å². The van der Waals surface area contributed by atoms with E-state index in [0.717, 1.165) is 31.5 Å². The fourth-order valence-corrected chi connectivity index (χ4v) is 2.72. The van der Waals surface area contributed by atoms with Crippen LogP contribution >= 0.6 is 0 Å². The van der Waals surface area contributed by atoms with Gasteiger partial charge in [0.05, 0.1) is 11.9 Å². The molecule has 0 radical (unpaired) electrons. The Labute approximate surface area is 116 Å². The first-order valence-electron chi connectivity index (χ1n) is 7.12. The Morgan fingerprint density at radius 1 is 1.20 bits per heavy atom. The van der Waals surface area contributed by atoms with E-state index in [1.165, 1.54) is 12.8 Å². The van der Waals surface area contributed by atoms with Crippen molar-refractivity contribution in [1.82, 2.24) is 9.88 Å². The van der Waals surface area contributed by atoms with Crippen LogP contribution < -0.4 is 5.76 Å². The number of aromatic nitrogens is 1. The van der Waals surface area contributed by atoms with Crippen molar-refractivity contribution in [2.45, 2.75) is 32.1 Å². The van der Waals surface area contributed by atoms with Crippen molar-refractivity contribution in [1.29, 1.82) is 0 Å². The molecule has 0 aliphatic carbocycles. The molecule has 106 valence electrons. The van der Waals surface area contributed by atoms with Gasteiger partial charge in [0.2, 0.25) is 5.91 Å². The number of aromatic amines is 1. The molecule has 2 aromatic rings. The molecule has 0 unspecified atom stereocenters. The van der Waals surface area contributed by atoms with E-state index in [-0.39, 0.29) is 5.91 Å². The zero-order valence-corrected chi connectivity index (χ0v) is 11.4. The van der Waals surface area contributed by atoms with E-state index in [2.05, 4.69) is 4.98 Å². The van der Waals surface area contributed by atoms with Gasteiger partial charge in [-0.3, -0.25) is 9.78 Å². The van der Waals surface area contributed by atoms with Gasteiger partial charge in [-0.1, -0.05) is 18.9 Å². The topological polar surface area (TPSA) is 66.3 Å². The smallest absolute Gasteiger partial charge is 0.408 e. The molecule has 1 amide bonds. The van der Waals surface area contributed by atoms with Crippen molar-refractivity contribution >= 4 is 17.0 Å². The minimum Gasteiger partial charge on any atom is -0.408 e. The average Bonchev–Trinajstić information content (AvgIpc) is 2.64. The number of nitrogens with one attached hydrogen (secondary N) is 1. The molecule has 1 N–H and O–H groups in total. The van der Waals surface area contributed by atoms with Gasteiger partial charge in [0.1, 0.15) is 0 Å². The number of rotatable bonds is 2. The second-order valence-electron chi connectivity index (χ2n) is 5.32. The molecule has 2 heterocycles. The largest absolute Gasteiger partial charge is 0.417 e. The highest BCUT2D eigenvalue weighted by molar-refractivity contribution is 5.81. The molecule has 5 heteroatoms. The summed E-state index contributed by atoms with van der Waals surface area (Å²) in [5.41, 5.74) is 2.08. The van der Waals surface area contributed by atoms with Crippen LogP contribution in [0.25, 0.3) is 11.1 Å². The van der Waals surface area contributed by atoms with Crippen molar-refractivity contribution in [2.75, 3.05) is 13.1 Å². The zero-order chi connectivity index (χ0) is 13.9. The molecule has 5 nitrogen and oxygen atoms in total. The summed E-state index contributed by atoms with van der Waals surface area (Å²) < 4.78 is 4.95. The minimum atomic E-state index is -0.462. The van der Waals surface area contributed by atoms with Crippen molar-refractivity contribution in [3.8, 4) is 0 Å². The minimum absolute atomic E-state index is 0.164. The second kappa shape index (κ2) is 5.53. The summed E-state index contributed by atoms with van der Waals surface area (Å²) in [7, 11) is 0. The van der Waals surface area contributed by atoms with Gasteiger partial charge in [0.25, 0.3) is 0 Å². The lowest BCUT2D eigenvalue weighted by Crippen LogP contribution is -2.33. The molecule has 0 saturated carbocycles. The number of H-pyrrole nitrogens is 1. The third-order valence-corrected chi connectivity index (χ3v) is 3.80. The predicted molar refractivity (Wildman–Crippen MR) is 75.6 cm³/mol. The lowest BCUT2D eigenvalue weighted by molar-refractivity contribution is -0.130. The number of fused-ring (bicyclic) bond motifs is 1. The Balaban J connectivity index is 1.74. The molecule has 1 aliphatic rings. The van der Waals surface area contributed by atoms with Crippen LogP contribution in [0.15, 0.2) is 27.4 Å². The fourth-order valence-electron chi connectivity index (χ4n) is 2.72. The SMILES string of the molecule is O=C(Cc1ccc2oc(=O)[nH]c2c1)N1CCCCCC1. The van der Waals surface area contributed by atoms with Crippen LogP contribution in [0, 0.1) is 0 Å². The highest BCUT2D eigenvalue weighted by Crippen LogP contribution is 2.15. The monoisotopic (exact) mass is 274 g/mol. The Kier molecular flexibility index (Phi) is 3.58. The van der Waals surface area contributed by atoms with Crippen molar-refractivity contribution < 1.29 is 9.21 Å². The van der Waals surface area contributed by atoms with Gasteiger partial charge in [-0.05, 0) is 30.5 Å². The number of carbonyl (C=O) groups excluding carboxylic acids is 1. The van der Waals surface area contributed by atoms with Gasteiger partial charge in [0, 0.05) is 13.1 Å². The Bertz CT molecular complexity index is 663. The summed E-state index contributed by atoms with van der Waals surface area (Å²) in [6, 6.07) is 5.39. The van der Waals surface area contributed by atoms with Crippen molar-refractivity contribution in [2.24, 2.45) is 0 Å². The van der Waals surface area contributed by atoms with Gasteiger partial charge in [-0.15, -0.1) is 0 Å². The molecule has 1 aliphatic heterocycles. The van der Waals surface area contributed by atoms with Crippen LogP contribution in [0.3, 0.4) is 0 Å².